The molecule has 0 amide bonds. The summed E-state index contributed by atoms with van der Waals surface area (Å²) in [7, 11) is 2.14. The van der Waals surface area contributed by atoms with Crippen LogP contribution in [0.2, 0.25) is 0 Å². The summed E-state index contributed by atoms with van der Waals surface area (Å²) in [6.07, 6.45) is 1.14. The van der Waals surface area contributed by atoms with Crippen LogP contribution in [0.3, 0.4) is 0 Å². The predicted octanol–water partition coefficient (Wildman–Crippen LogP) is 0.735. The lowest BCUT2D eigenvalue weighted by molar-refractivity contribution is 0.226. The molecule has 1 saturated heterocycles. The number of nitrogens with zero attached hydrogens (tertiary/aromatic N) is 3. The van der Waals surface area contributed by atoms with E-state index in [1.165, 1.54) is 16.5 Å². The van der Waals surface area contributed by atoms with E-state index in [0.29, 0.717) is 5.92 Å². The molecule has 0 aliphatic carbocycles. The number of hydrogen-bond acceptors (Lipinski definition) is 4. The third-order valence-corrected chi connectivity index (χ3v) is 4.57. The number of nitrogens with two attached hydrogens (primary N) is 1. The molecule has 16 heavy (non-hydrogen) atoms. The highest BCUT2D eigenvalue weighted by Crippen LogP contribution is 2.32. The molecule has 2 aliphatic rings. The van der Waals surface area contributed by atoms with Gasteiger partial charge in [-0.25, -0.2) is 0 Å². The Morgan fingerprint density at radius 2 is 2.38 bits per heavy atom. The van der Waals surface area contributed by atoms with Crippen LogP contribution in [0.5, 0.6) is 0 Å². The van der Waals surface area contributed by atoms with Gasteiger partial charge in [0.15, 0.2) is 0 Å². The van der Waals surface area contributed by atoms with Crippen molar-refractivity contribution in [3.8, 4) is 0 Å². The van der Waals surface area contributed by atoms with Crippen molar-refractivity contribution in [1.82, 2.24) is 14.7 Å². The third kappa shape index (κ3) is 1.77. The summed E-state index contributed by atoms with van der Waals surface area (Å²) in [5.74, 6) is 1.62. The average molecular weight is 238 g/mol. The zero-order chi connectivity index (χ0) is 11.1. The first-order valence-electron chi connectivity index (χ1n) is 5.89. The van der Waals surface area contributed by atoms with E-state index in [0.717, 1.165) is 26.1 Å². The van der Waals surface area contributed by atoms with Crippen molar-refractivity contribution in [1.29, 1.82) is 0 Å². The monoisotopic (exact) mass is 238 g/mol. The van der Waals surface area contributed by atoms with Crippen LogP contribution in [0.1, 0.15) is 18.0 Å². The van der Waals surface area contributed by atoms with Crippen molar-refractivity contribution < 1.29 is 0 Å². The van der Waals surface area contributed by atoms with Gasteiger partial charge in [0.05, 0.1) is 17.3 Å². The van der Waals surface area contributed by atoms with Crippen molar-refractivity contribution in [2.24, 2.45) is 5.73 Å². The SMILES string of the molecule is CN1CCC(c2cc3n(n2)CCS3)C(N)C1. The largest absolute Gasteiger partial charge is 0.326 e. The molecular formula is C11H18N4S. The number of aromatic nitrogens is 2. The molecular weight excluding hydrogens is 220 g/mol. The standard InChI is InChI=1S/C11H18N4S/c1-14-3-2-8(9(12)7-14)10-6-11-15(13-10)4-5-16-11/h6,8-9H,2-5,7,12H2,1H3. The van der Waals surface area contributed by atoms with Crippen LogP contribution >= 0.6 is 11.8 Å². The molecule has 2 unspecified atom stereocenters. The van der Waals surface area contributed by atoms with Gasteiger partial charge in [-0.1, -0.05) is 0 Å². The number of aryl methyl sites for hydroxylation is 1. The zero-order valence-corrected chi connectivity index (χ0v) is 10.4. The van der Waals surface area contributed by atoms with E-state index >= 15 is 0 Å². The number of likely N-dealkylation sites (tertiary alicyclic amines) is 1. The summed E-state index contributed by atoms with van der Waals surface area (Å²) >= 11 is 1.90. The normalized spacial score (nSPS) is 30.6. The number of fused-ring (bicyclic) bond motifs is 1. The maximum absolute atomic E-state index is 6.22. The smallest absolute Gasteiger partial charge is 0.0943 e. The fourth-order valence-electron chi connectivity index (χ4n) is 2.63. The van der Waals surface area contributed by atoms with Gasteiger partial charge in [-0.15, -0.1) is 11.8 Å². The van der Waals surface area contributed by atoms with E-state index in [-0.39, 0.29) is 6.04 Å². The van der Waals surface area contributed by atoms with Crippen LogP contribution in [-0.4, -0.2) is 46.6 Å². The van der Waals surface area contributed by atoms with Crippen LogP contribution in [0.15, 0.2) is 11.1 Å². The Balaban J connectivity index is 1.81. The van der Waals surface area contributed by atoms with Crippen LogP contribution in [0.4, 0.5) is 0 Å². The molecule has 1 aromatic heterocycles. The van der Waals surface area contributed by atoms with Gasteiger partial charge in [0.1, 0.15) is 0 Å². The average Bonchev–Trinajstić information content (AvgIpc) is 2.76. The zero-order valence-electron chi connectivity index (χ0n) is 9.59. The molecule has 5 heteroatoms. The second kappa shape index (κ2) is 4.05. The van der Waals surface area contributed by atoms with E-state index in [2.05, 4.69) is 27.8 Å². The maximum Gasteiger partial charge on any atom is 0.0943 e. The quantitative estimate of drug-likeness (QED) is 0.784. The van der Waals surface area contributed by atoms with Crippen LogP contribution in [0, 0.1) is 0 Å². The topological polar surface area (TPSA) is 47.1 Å². The fourth-order valence-corrected chi connectivity index (χ4v) is 3.59. The van der Waals surface area contributed by atoms with Crippen molar-refractivity contribution in [2.75, 3.05) is 25.9 Å². The van der Waals surface area contributed by atoms with Crippen molar-refractivity contribution in [3.63, 3.8) is 0 Å². The van der Waals surface area contributed by atoms with Gasteiger partial charge in [0, 0.05) is 24.3 Å². The molecule has 2 N–H and O–H groups in total. The molecule has 88 valence electrons. The van der Waals surface area contributed by atoms with Gasteiger partial charge in [-0.3, -0.25) is 4.68 Å². The molecule has 2 atom stereocenters. The molecule has 2 aliphatic heterocycles. The van der Waals surface area contributed by atoms with Gasteiger partial charge < -0.3 is 10.6 Å². The van der Waals surface area contributed by atoms with Gasteiger partial charge in [-0.2, -0.15) is 5.10 Å². The molecule has 4 nitrogen and oxygen atoms in total. The van der Waals surface area contributed by atoms with Crippen molar-refractivity contribution in [3.05, 3.63) is 11.8 Å². The lowest BCUT2D eigenvalue weighted by Gasteiger charge is -2.33. The highest BCUT2D eigenvalue weighted by atomic mass is 32.2. The van der Waals surface area contributed by atoms with Crippen LogP contribution < -0.4 is 5.73 Å². The number of piperidine rings is 1. The number of likely N-dealkylation sites (N-methyl/N-ethyl adjacent to an activating group) is 1. The Morgan fingerprint density at radius 1 is 1.50 bits per heavy atom. The molecule has 0 radical (unpaired) electrons. The Labute approximate surface area is 100 Å². The Hall–Kier alpha value is -0.520. The fraction of sp³-hybridized carbons (Fsp3) is 0.727. The minimum Gasteiger partial charge on any atom is -0.326 e. The summed E-state index contributed by atoms with van der Waals surface area (Å²) in [6.45, 7) is 3.18. The second-order valence-corrected chi connectivity index (χ2v) is 5.92. The molecule has 0 saturated carbocycles. The van der Waals surface area contributed by atoms with E-state index < -0.39 is 0 Å². The number of rotatable bonds is 1. The molecule has 1 aromatic rings. The van der Waals surface area contributed by atoms with E-state index in [4.69, 9.17) is 5.73 Å². The lowest BCUT2D eigenvalue weighted by atomic mass is 9.90. The molecule has 3 heterocycles. The lowest BCUT2D eigenvalue weighted by Crippen LogP contribution is -2.45. The maximum atomic E-state index is 6.22. The molecule has 0 spiro atoms. The Morgan fingerprint density at radius 3 is 3.12 bits per heavy atom. The highest BCUT2D eigenvalue weighted by molar-refractivity contribution is 7.99. The molecule has 3 rings (SSSR count). The van der Waals surface area contributed by atoms with Gasteiger partial charge in [0.2, 0.25) is 0 Å². The second-order valence-electron chi connectivity index (χ2n) is 4.80. The summed E-state index contributed by atoms with van der Waals surface area (Å²) in [5, 5.41) is 6.01. The highest BCUT2D eigenvalue weighted by Gasteiger charge is 2.29. The van der Waals surface area contributed by atoms with Gasteiger partial charge in [-0.05, 0) is 26.1 Å². The van der Waals surface area contributed by atoms with Gasteiger partial charge >= 0.3 is 0 Å². The summed E-state index contributed by atoms with van der Waals surface area (Å²) in [6, 6.07) is 2.48. The third-order valence-electron chi connectivity index (χ3n) is 3.56. The molecule has 1 fully saturated rings. The van der Waals surface area contributed by atoms with E-state index in [9.17, 15) is 0 Å². The minimum atomic E-state index is 0.236. The Kier molecular flexibility index (Phi) is 2.69. The van der Waals surface area contributed by atoms with E-state index in [1.54, 1.807) is 0 Å². The first-order chi connectivity index (χ1) is 7.74. The first-order valence-corrected chi connectivity index (χ1v) is 6.87. The van der Waals surface area contributed by atoms with Crippen LogP contribution in [0.25, 0.3) is 0 Å². The summed E-state index contributed by atoms with van der Waals surface area (Å²) < 4.78 is 2.13. The number of hydrogen-bond donors (Lipinski definition) is 1. The van der Waals surface area contributed by atoms with Crippen LogP contribution in [-0.2, 0) is 6.54 Å². The van der Waals surface area contributed by atoms with Gasteiger partial charge in [0.25, 0.3) is 0 Å². The summed E-state index contributed by atoms with van der Waals surface area (Å²) in [4.78, 5) is 2.31. The summed E-state index contributed by atoms with van der Waals surface area (Å²) in [5.41, 5.74) is 7.43. The number of thioether (sulfide) groups is 1. The Bertz CT molecular complexity index is 368. The minimum absolute atomic E-state index is 0.236. The van der Waals surface area contributed by atoms with Crippen molar-refractivity contribution >= 4 is 11.8 Å². The molecule has 0 aromatic carbocycles. The first kappa shape index (κ1) is 10.6. The van der Waals surface area contributed by atoms with Crippen molar-refractivity contribution in [2.45, 2.75) is 30.0 Å². The van der Waals surface area contributed by atoms with E-state index in [1.807, 2.05) is 11.8 Å². The predicted molar refractivity (Wildman–Crippen MR) is 65.8 cm³/mol. The molecule has 0 bridgehead atoms.